The van der Waals surface area contributed by atoms with Gasteiger partial charge in [-0.25, -0.2) is 4.79 Å². The lowest BCUT2D eigenvalue weighted by molar-refractivity contribution is -0.189. The average molecular weight is 357 g/mol. The number of likely N-dealkylation sites (tertiary alicyclic amines) is 1. The maximum absolute atomic E-state index is 12.2. The number of rotatable bonds is 6. The van der Waals surface area contributed by atoms with Crippen LogP contribution >= 0.6 is 0 Å². The van der Waals surface area contributed by atoms with Gasteiger partial charge < -0.3 is 28.6 Å². The first-order valence-electron chi connectivity index (χ1n) is 9.03. The Bertz CT molecular complexity index is 462. The predicted octanol–water partition coefficient (Wildman–Crippen LogP) is 0.479. The van der Waals surface area contributed by atoms with E-state index in [-0.39, 0.29) is 18.6 Å². The summed E-state index contributed by atoms with van der Waals surface area (Å²) in [5, 5.41) is 0. The molecule has 0 radical (unpaired) electrons. The summed E-state index contributed by atoms with van der Waals surface area (Å²) in [6, 6.07) is 0. The van der Waals surface area contributed by atoms with Crippen molar-refractivity contribution in [3.05, 3.63) is 0 Å². The summed E-state index contributed by atoms with van der Waals surface area (Å²) in [4.78, 5) is 25.8. The van der Waals surface area contributed by atoms with E-state index in [9.17, 15) is 9.59 Å². The second-order valence-corrected chi connectivity index (χ2v) is 6.71. The highest BCUT2D eigenvalue weighted by Gasteiger charge is 2.40. The molecule has 3 fully saturated rings. The highest BCUT2D eigenvalue weighted by atomic mass is 16.7. The van der Waals surface area contributed by atoms with Gasteiger partial charge in [0.2, 0.25) is 0 Å². The molecule has 8 heteroatoms. The van der Waals surface area contributed by atoms with Gasteiger partial charge in [-0.15, -0.1) is 0 Å². The minimum absolute atomic E-state index is 0.0533. The zero-order valence-electron chi connectivity index (χ0n) is 14.7. The van der Waals surface area contributed by atoms with Crippen LogP contribution in [0.4, 0.5) is 0 Å². The number of hydrogen-bond acceptors (Lipinski definition) is 7. The summed E-state index contributed by atoms with van der Waals surface area (Å²) in [6.07, 6.45) is 2.61. The van der Waals surface area contributed by atoms with Gasteiger partial charge in [0.25, 0.3) is 5.91 Å². The molecule has 25 heavy (non-hydrogen) atoms. The second-order valence-electron chi connectivity index (χ2n) is 6.71. The van der Waals surface area contributed by atoms with E-state index in [0.29, 0.717) is 45.8 Å². The van der Waals surface area contributed by atoms with E-state index in [4.69, 9.17) is 23.7 Å². The third-order valence-electron chi connectivity index (χ3n) is 4.92. The summed E-state index contributed by atoms with van der Waals surface area (Å²) in [6.45, 7) is 4.78. The Labute approximate surface area is 147 Å². The molecule has 2 atom stereocenters. The van der Waals surface area contributed by atoms with Crippen LogP contribution in [0.2, 0.25) is 0 Å². The van der Waals surface area contributed by atoms with E-state index < -0.39 is 17.9 Å². The van der Waals surface area contributed by atoms with Crippen LogP contribution in [0.15, 0.2) is 0 Å². The Morgan fingerprint density at radius 3 is 2.56 bits per heavy atom. The molecule has 8 nitrogen and oxygen atoms in total. The Balaban J connectivity index is 1.33. The summed E-state index contributed by atoms with van der Waals surface area (Å²) < 4.78 is 27.3. The molecular formula is C17H27NO7. The van der Waals surface area contributed by atoms with Gasteiger partial charge in [-0.05, 0) is 19.8 Å². The van der Waals surface area contributed by atoms with E-state index in [0.717, 1.165) is 19.4 Å². The lowest BCUT2D eigenvalue weighted by atomic mass is 10.0. The third kappa shape index (κ3) is 4.91. The lowest BCUT2D eigenvalue weighted by Crippen LogP contribution is -2.48. The first kappa shape index (κ1) is 18.6. The van der Waals surface area contributed by atoms with Gasteiger partial charge in [-0.3, -0.25) is 4.79 Å². The fourth-order valence-electron chi connectivity index (χ4n) is 3.32. The van der Waals surface area contributed by atoms with E-state index in [1.54, 1.807) is 11.8 Å². The van der Waals surface area contributed by atoms with Crippen molar-refractivity contribution in [2.75, 3.05) is 46.1 Å². The lowest BCUT2D eigenvalue weighted by Gasteiger charge is -2.37. The van der Waals surface area contributed by atoms with Crippen LogP contribution in [0, 0.1) is 0 Å². The van der Waals surface area contributed by atoms with E-state index >= 15 is 0 Å². The highest BCUT2D eigenvalue weighted by Crippen LogP contribution is 2.31. The molecule has 3 saturated heterocycles. The number of hydrogen-bond donors (Lipinski definition) is 0. The van der Waals surface area contributed by atoms with Crippen LogP contribution in [0.25, 0.3) is 0 Å². The van der Waals surface area contributed by atoms with Crippen LogP contribution in [-0.2, 0) is 33.3 Å². The maximum Gasteiger partial charge on any atom is 0.335 e. The Morgan fingerprint density at radius 2 is 1.92 bits per heavy atom. The predicted molar refractivity (Wildman–Crippen MR) is 85.8 cm³/mol. The fraction of sp³-hybridized carbons (Fsp3) is 0.882. The van der Waals surface area contributed by atoms with Crippen molar-refractivity contribution in [1.82, 2.24) is 4.90 Å². The van der Waals surface area contributed by atoms with Crippen LogP contribution in [-0.4, -0.2) is 80.9 Å². The molecule has 3 rings (SSSR count). The summed E-state index contributed by atoms with van der Waals surface area (Å²) in [7, 11) is 0. The minimum Gasteiger partial charge on any atom is -0.454 e. The largest absolute Gasteiger partial charge is 0.454 e. The van der Waals surface area contributed by atoms with Gasteiger partial charge in [0, 0.05) is 32.5 Å². The van der Waals surface area contributed by atoms with Crippen LogP contribution in [0.1, 0.15) is 32.6 Å². The molecule has 0 bridgehead atoms. The number of carbonyl (C=O) groups is 2. The SMILES string of the molecule is CC(OCC1CCCO1)C(=O)OCC(=O)N1CCC2(CC1)OCCO2. The average Bonchev–Trinajstić information content (AvgIpc) is 3.30. The minimum atomic E-state index is -0.707. The molecule has 0 saturated carbocycles. The highest BCUT2D eigenvalue weighted by molar-refractivity contribution is 5.82. The van der Waals surface area contributed by atoms with Crippen molar-refractivity contribution in [3.8, 4) is 0 Å². The number of nitrogens with zero attached hydrogens (tertiary/aromatic N) is 1. The Hall–Kier alpha value is -1.22. The third-order valence-corrected chi connectivity index (χ3v) is 4.92. The summed E-state index contributed by atoms with van der Waals surface area (Å²) in [5.74, 6) is -1.24. The molecule has 0 N–H and O–H groups in total. The van der Waals surface area contributed by atoms with Gasteiger partial charge >= 0.3 is 5.97 Å². The number of amides is 1. The zero-order valence-corrected chi connectivity index (χ0v) is 14.7. The molecule has 0 aromatic carbocycles. The molecule has 0 aromatic heterocycles. The molecule has 0 aromatic rings. The van der Waals surface area contributed by atoms with Gasteiger partial charge in [0.15, 0.2) is 18.5 Å². The molecule has 3 heterocycles. The molecule has 1 amide bonds. The van der Waals surface area contributed by atoms with Crippen molar-refractivity contribution in [2.45, 2.75) is 50.6 Å². The Kier molecular flexibility index (Phi) is 6.27. The van der Waals surface area contributed by atoms with Crippen LogP contribution < -0.4 is 0 Å². The topological polar surface area (TPSA) is 83.5 Å². The van der Waals surface area contributed by atoms with Crippen molar-refractivity contribution >= 4 is 11.9 Å². The first-order chi connectivity index (χ1) is 12.1. The Morgan fingerprint density at radius 1 is 1.20 bits per heavy atom. The van der Waals surface area contributed by atoms with E-state index in [2.05, 4.69) is 0 Å². The molecule has 3 aliphatic rings. The zero-order chi connectivity index (χ0) is 17.7. The normalized spacial score (nSPS) is 26.8. The quantitative estimate of drug-likeness (QED) is 0.639. The molecule has 142 valence electrons. The van der Waals surface area contributed by atoms with Gasteiger partial charge in [-0.2, -0.15) is 0 Å². The van der Waals surface area contributed by atoms with E-state index in [1.807, 2.05) is 0 Å². The van der Waals surface area contributed by atoms with Crippen molar-refractivity contribution in [2.24, 2.45) is 0 Å². The standard InChI is InChI=1S/C17H27NO7/c1-13(22-11-14-3-2-8-21-14)16(20)23-12-15(19)18-6-4-17(5-7-18)24-9-10-25-17/h13-14H,2-12H2,1H3. The molecular weight excluding hydrogens is 330 g/mol. The molecule has 2 unspecified atom stereocenters. The number of carbonyl (C=O) groups excluding carboxylic acids is 2. The van der Waals surface area contributed by atoms with Crippen molar-refractivity contribution < 1.29 is 33.3 Å². The first-order valence-corrected chi connectivity index (χ1v) is 9.03. The summed E-state index contributed by atoms with van der Waals surface area (Å²) >= 11 is 0. The second kappa shape index (κ2) is 8.44. The number of esters is 1. The number of ether oxygens (including phenoxy) is 5. The summed E-state index contributed by atoms with van der Waals surface area (Å²) in [5.41, 5.74) is 0. The van der Waals surface area contributed by atoms with Gasteiger partial charge in [-0.1, -0.05) is 0 Å². The monoisotopic (exact) mass is 357 g/mol. The van der Waals surface area contributed by atoms with Crippen molar-refractivity contribution in [1.29, 1.82) is 0 Å². The maximum atomic E-state index is 12.2. The fourth-order valence-corrected chi connectivity index (χ4v) is 3.32. The van der Waals surface area contributed by atoms with Gasteiger partial charge in [0.05, 0.1) is 25.9 Å². The van der Waals surface area contributed by atoms with Crippen LogP contribution in [0.5, 0.6) is 0 Å². The molecule has 3 aliphatic heterocycles. The van der Waals surface area contributed by atoms with Gasteiger partial charge in [0.1, 0.15) is 0 Å². The van der Waals surface area contributed by atoms with Crippen molar-refractivity contribution in [3.63, 3.8) is 0 Å². The van der Waals surface area contributed by atoms with Crippen LogP contribution in [0.3, 0.4) is 0 Å². The smallest absolute Gasteiger partial charge is 0.335 e. The van der Waals surface area contributed by atoms with E-state index in [1.165, 1.54) is 0 Å². The number of piperidine rings is 1. The molecule has 0 aliphatic carbocycles. The molecule has 1 spiro atoms.